The molecular formula is C12H17NO5S2. The molecule has 1 heterocycles. The van der Waals surface area contributed by atoms with Crippen LogP contribution in [0.4, 0.5) is 0 Å². The van der Waals surface area contributed by atoms with E-state index in [1.54, 1.807) is 24.3 Å². The van der Waals surface area contributed by atoms with Crippen molar-refractivity contribution in [3.63, 3.8) is 0 Å². The number of hydrogen-bond acceptors (Lipinski definition) is 5. The molecule has 2 atom stereocenters. The molecule has 1 saturated heterocycles. The van der Waals surface area contributed by atoms with E-state index in [1.807, 2.05) is 6.92 Å². The van der Waals surface area contributed by atoms with Gasteiger partial charge in [0.1, 0.15) is 0 Å². The maximum atomic E-state index is 12.2. The van der Waals surface area contributed by atoms with Crippen molar-refractivity contribution in [3.8, 4) is 0 Å². The van der Waals surface area contributed by atoms with Gasteiger partial charge in [0.15, 0.2) is 0 Å². The summed E-state index contributed by atoms with van der Waals surface area (Å²) in [5.74, 6) is 0. The third-order valence-electron chi connectivity index (χ3n) is 3.04. The van der Waals surface area contributed by atoms with Crippen LogP contribution in [-0.4, -0.2) is 46.6 Å². The monoisotopic (exact) mass is 319 g/mol. The fourth-order valence-electron chi connectivity index (χ4n) is 1.87. The molecule has 6 nitrogen and oxygen atoms in total. The van der Waals surface area contributed by atoms with E-state index >= 15 is 0 Å². The van der Waals surface area contributed by atoms with Crippen molar-refractivity contribution in [3.05, 3.63) is 29.8 Å². The van der Waals surface area contributed by atoms with Crippen molar-refractivity contribution in [2.24, 2.45) is 0 Å². The molecule has 1 unspecified atom stereocenters. The third-order valence-corrected chi connectivity index (χ3v) is 5.57. The second-order valence-electron chi connectivity index (χ2n) is 4.86. The van der Waals surface area contributed by atoms with Crippen molar-refractivity contribution in [1.29, 1.82) is 0 Å². The van der Waals surface area contributed by atoms with Crippen molar-refractivity contribution >= 4 is 20.1 Å². The number of sulfonamides is 1. The first kappa shape index (κ1) is 15.4. The smallest absolute Gasteiger partial charge is 0.264 e. The van der Waals surface area contributed by atoms with Gasteiger partial charge in [0.2, 0.25) is 10.0 Å². The molecular weight excluding hydrogens is 302 g/mol. The van der Waals surface area contributed by atoms with Crippen LogP contribution < -0.4 is 0 Å². The van der Waals surface area contributed by atoms with Gasteiger partial charge >= 0.3 is 0 Å². The Labute approximate surface area is 119 Å². The third kappa shape index (κ3) is 3.78. The normalized spacial score (nSPS) is 22.7. The molecule has 0 amide bonds. The maximum absolute atomic E-state index is 12.2. The van der Waals surface area contributed by atoms with E-state index in [4.69, 9.17) is 0 Å². The summed E-state index contributed by atoms with van der Waals surface area (Å²) in [6.45, 7) is 2.30. The second kappa shape index (κ2) is 5.44. The predicted molar refractivity (Wildman–Crippen MR) is 74.3 cm³/mol. The topological polar surface area (TPSA) is 80.5 Å². The van der Waals surface area contributed by atoms with Gasteiger partial charge in [-0.3, -0.25) is 4.18 Å². The minimum absolute atomic E-state index is 0.00339. The number of hydrogen-bond donors (Lipinski definition) is 0. The zero-order chi connectivity index (χ0) is 15.0. The lowest BCUT2D eigenvalue weighted by Crippen LogP contribution is -2.16. The molecule has 1 aromatic rings. The Balaban J connectivity index is 1.95. The highest BCUT2D eigenvalue weighted by Gasteiger charge is 2.44. The predicted octanol–water partition coefficient (Wildman–Crippen LogP) is 0.734. The van der Waals surface area contributed by atoms with Crippen LogP contribution in [-0.2, 0) is 24.3 Å². The number of rotatable bonds is 6. The van der Waals surface area contributed by atoms with Crippen molar-refractivity contribution in [1.82, 2.24) is 4.31 Å². The first-order chi connectivity index (χ1) is 9.20. The SMILES string of the molecule is Cc1ccc(S(=O)(=O)N2C[C@@H]2CCOS(C)(=O)=O)cc1. The highest BCUT2D eigenvalue weighted by Crippen LogP contribution is 2.30. The summed E-state index contributed by atoms with van der Waals surface area (Å²) in [5.41, 5.74) is 0.993. The van der Waals surface area contributed by atoms with Crippen molar-refractivity contribution in [2.75, 3.05) is 19.4 Å². The summed E-state index contributed by atoms with van der Waals surface area (Å²) < 4.78 is 52.1. The van der Waals surface area contributed by atoms with Crippen LogP contribution in [0.15, 0.2) is 29.2 Å². The molecule has 1 fully saturated rings. The van der Waals surface area contributed by atoms with Gasteiger partial charge in [-0.15, -0.1) is 0 Å². The molecule has 8 heteroatoms. The zero-order valence-corrected chi connectivity index (χ0v) is 12.9. The van der Waals surface area contributed by atoms with Gasteiger partial charge in [-0.25, -0.2) is 8.42 Å². The lowest BCUT2D eigenvalue weighted by atomic mass is 10.2. The molecule has 1 aliphatic heterocycles. The molecule has 2 rings (SSSR count). The fourth-order valence-corrected chi connectivity index (χ4v) is 3.89. The Kier molecular flexibility index (Phi) is 4.19. The van der Waals surface area contributed by atoms with Crippen LogP contribution in [0.3, 0.4) is 0 Å². The van der Waals surface area contributed by atoms with E-state index in [9.17, 15) is 16.8 Å². The first-order valence-corrected chi connectivity index (χ1v) is 9.39. The molecule has 0 saturated carbocycles. The molecule has 0 aromatic heterocycles. The summed E-state index contributed by atoms with van der Waals surface area (Å²) in [4.78, 5) is 0.259. The Morgan fingerprint density at radius 1 is 1.20 bits per heavy atom. The van der Waals surface area contributed by atoms with E-state index < -0.39 is 20.1 Å². The van der Waals surface area contributed by atoms with Crippen LogP contribution in [0.25, 0.3) is 0 Å². The molecule has 1 aliphatic rings. The highest BCUT2D eigenvalue weighted by atomic mass is 32.2. The van der Waals surface area contributed by atoms with Crippen LogP contribution in [0.5, 0.6) is 0 Å². The van der Waals surface area contributed by atoms with Crippen LogP contribution in [0, 0.1) is 6.92 Å². The summed E-state index contributed by atoms with van der Waals surface area (Å²) in [7, 11) is -6.94. The lowest BCUT2D eigenvalue weighted by Gasteiger charge is -2.06. The minimum Gasteiger partial charge on any atom is -0.270 e. The molecule has 20 heavy (non-hydrogen) atoms. The van der Waals surface area contributed by atoms with E-state index in [0.717, 1.165) is 11.8 Å². The van der Waals surface area contributed by atoms with Gasteiger partial charge in [-0.1, -0.05) is 17.7 Å². The van der Waals surface area contributed by atoms with E-state index in [1.165, 1.54) is 4.31 Å². The van der Waals surface area contributed by atoms with Gasteiger partial charge in [-0.2, -0.15) is 12.7 Å². The molecule has 0 radical (unpaired) electrons. The van der Waals surface area contributed by atoms with Crippen LogP contribution in [0.1, 0.15) is 12.0 Å². The number of benzene rings is 1. The molecule has 0 aliphatic carbocycles. The van der Waals surface area contributed by atoms with E-state index in [-0.39, 0.29) is 17.5 Å². The van der Waals surface area contributed by atoms with Gasteiger partial charge in [0, 0.05) is 12.6 Å². The second-order valence-corrected chi connectivity index (χ2v) is 8.39. The van der Waals surface area contributed by atoms with Gasteiger partial charge in [0.05, 0.1) is 17.8 Å². The summed E-state index contributed by atoms with van der Waals surface area (Å²) in [6, 6.07) is 6.47. The minimum atomic E-state index is -3.47. The zero-order valence-electron chi connectivity index (χ0n) is 11.3. The summed E-state index contributed by atoms with van der Waals surface area (Å²) in [5, 5.41) is 0. The Morgan fingerprint density at radius 2 is 1.80 bits per heavy atom. The number of aryl methyl sites for hydroxylation is 1. The van der Waals surface area contributed by atoms with E-state index in [2.05, 4.69) is 4.18 Å². The number of nitrogens with zero attached hydrogens (tertiary/aromatic N) is 1. The van der Waals surface area contributed by atoms with Crippen molar-refractivity contribution in [2.45, 2.75) is 24.3 Å². The average Bonchev–Trinajstić information content (AvgIpc) is 3.08. The van der Waals surface area contributed by atoms with Crippen molar-refractivity contribution < 1.29 is 21.0 Å². The summed E-state index contributed by atoms with van der Waals surface area (Å²) >= 11 is 0. The quantitative estimate of drug-likeness (QED) is 0.570. The van der Waals surface area contributed by atoms with Gasteiger partial charge in [-0.05, 0) is 25.5 Å². The Bertz CT molecular complexity index is 679. The highest BCUT2D eigenvalue weighted by molar-refractivity contribution is 7.89. The van der Waals surface area contributed by atoms with Gasteiger partial charge < -0.3 is 0 Å². The summed E-state index contributed by atoms with van der Waals surface area (Å²) in [6.07, 6.45) is 1.35. The van der Waals surface area contributed by atoms with Gasteiger partial charge in [0.25, 0.3) is 10.1 Å². The van der Waals surface area contributed by atoms with E-state index in [0.29, 0.717) is 13.0 Å². The molecule has 112 valence electrons. The Morgan fingerprint density at radius 3 is 2.35 bits per heavy atom. The molecule has 1 aromatic carbocycles. The lowest BCUT2D eigenvalue weighted by molar-refractivity contribution is 0.312. The maximum Gasteiger partial charge on any atom is 0.264 e. The molecule has 0 N–H and O–H groups in total. The van der Waals surface area contributed by atoms with Crippen LogP contribution in [0.2, 0.25) is 0 Å². The average molecular weight is 319 g/mol. The first-order valence-electron chi connectivity index (χ1n) is 6.13. The molecule has 0 spiro atoms. The standard InChI is InChI=1S/C12H17NO5S2/c1-10-3-5-12(6-4-10)20(16,17)13-9-11(13)7-8-18-19(2,14)15/h3-6,11H,7-9H2,1-2H3/t11-,13?/m0/s1. The largest absolute Gasteiger partial charge is 0.270 e. The molecule has 0 bridgehead atoms. The Hall–Kier alpha value is -0.960. The fraction of sp³-hybridized carbons (Fsp3) is 0.500. The van der Waals surface area contributed by atoms with Crippen LogP contribution >= 0.6 is 0 Å².